The summed E-state index contributed by atoms with van der Waals surface area (Å²) in [4.78, 5) is 8.72. The van der Waals surface area contributed by atoms with Gasteiger partial charge in [-0.05, 0) is 30.9 Å². The number of halogens is 1. The van der Waals surface area contributed by atoms with Crippen molar-refractivity contribution in [3.8, 4) is 0 Å². The fourth-order valence-electron chi connectivity index (χ4n) is 1.57. The summed E-state index contributed by atoms with van der Waals surface area (Å²) in [5.41, 5.74) is 1.96. The summed E-state index contributed by atoms with van der Waals surface area (Å²) in [6.07, 6.45) is 1.94. The van der Waals surface area contributed by atoms with Crippen LogP contribution in [0.4, 0.5) is 17.3 Å². The molecule has 0 amide bonds. The second-order valence-electron chi connectivity index (χ2n) is 3.98. The van der Waals surface area contributed by atoms with E-state index in [4.69, 9.17) is 11.6 Å². The Hall–Kier alpha value is -1.46. The van der Waals surface area contributed by atoms with Gasteiger partial charge in [0.1, 0.15) is 11.6 Å². The van der Waals surface area contributed by atoms with Gasteiger partial charge in [0.15, 0.2) is 5.16 Å². The molecule has 0 unspecified atom stereocenters. The van der Waals surface area contributed by atoms with Crippen LogP contribution in [-0.4, -0.2) is 23.3 Å². The zero-order valence-electron chi connectivity index (χ0n) is 11.0. The number of anilines is 3. The van der Waals surface area contributed by atoms with E-state index in [1.807, 2.05) is 44.5 Å². The van der Waals surface area contributed by atoms with E-state index in [1.54, 1.807) is 0 Å². The van der Waals surface area contributed by atoms with Crippen LogP contribution in [0.15, 0.2) is 29.4 Å². The summed E-state index contributed by atoms with van der Waals surface area (Å²) in [5, 5.41) is 7.61. The minimum Gasteiger partial charge on any atom is -0.373 e. The highest BCUT2D eigenvalue weighted by molar-refractivity contribution is 7.98. The Balaban J connectivity index is 2.31. The first-order valence-corrected chi connectivity index (χ1v) is 7.36. The number of hydrogen-bond donors (Lipinski definition) is 2. The first kappa shape index (κ1) is 14.0. The maximum Gasteiger partial charge on any atom is 0.191 e. The van der Waals surface area contributed by atoms with Gasteiger partial charge in [-0.3, -0.25) is 0 Å². The quantitative estimate of drug-likeness (QED) is 0.660. The van der Waals surface area contributed by atoms with E-state index in [1.165, 1.54) is 11.8 Å². The number of nitrogens with one attached hydrogen (secondary N) is 2. The average molecular weight is 295 g/mol. The van der Waals surface area contributed by atoms with Gasteiger partial charge in [-0.2, -0.15) is 0 Å². The second kappa shape index (κ2) is 6.12. The molecule has 2 aromatic rings. The molecule has 0 saturated heterocycles. The van der Waals surface area contributed by atoms with Gasteiger partial charge in [0.2, 0.25) is 0 Å². The van der Waals surface area contributed by atoms with Crippen LogP contribution in [0, 0.1) is 6.92 Å². The summed E-state index contributed by atoms with van der Waals surface area (Å²) in [6.45, 7) is 2.01. The second-order valence-corrected chi connectivity index (χ2v) is 5.16. The lowest BCUT2D eigenvalue weighted by molar-refractivity contribution is 0.977. The van der Waals surface area contributed by atoms with E-state index in [9.17, 15) is 0 Å². The van der Waals surface area contributed by atoms with Gasteiger partial charge >= 0.3 is 0 Å². The van der Waals surface area contributed by atoms with Crippen LogP contribution < -0.4 is 10.6 Å². The number of nitrogens with zero attached hydrogens (tertiary/aromatic N) is 2. The van der Waals surface area contributed by atoms with Crippen molar-refractivity contribution in [2.24, 2.45) is 0 Å². The molecule has 6 heteroatoms. The van der Waals surface area contributed by atoms with Crippen LogP contribution in [0.3, 0.4) is 0 Å². The Labute approximate surface area is 122 Å². The zero-order chi connectivity index (χ0) is 13.8. The molecular weight excluding hydrogens is 280 g/mol. The first-order valence-electron chi connectivity index (χ1n) is 5.76. The van der Waals surface area contributed by atoms with Gasteiger partial charge in [-0.15, -0.1) is 0 Å². The van der Waals surface area contributed by atoms with Crippen molar-refractivity contribution in [2.75, 3.05) is 23.9 Å². The van der Waals surface area contributed by atoms with Crippen molar-refractivity contribution in [3.05, 3.63) is 34.9 Å². The number of aryl methyl sites for hydroxylation is 1. The largest absolute Gasteiger partial charge is 0.373 e. The molecule has 0 aliphatic heterocycles. The van der Waals surface area contributed by atoms with Crippen molar-refractivity contribution < 1.29 is 0 Å². The van der Waals surface area contributed by atoms with E-state index in [0.29, 0.717) is 10.2 Å². The van der Waals surface area contributed by atoms with Crippen LogP contribution in [-0.2, 0) is 0 Å². The molecule has 100 valence electrons. The Morgan fingerprint density at radius 3 is 2.53 bits per heavy atom. The highest BCUT2D eigenvalue weighted by atomic mass is 35.5. The SMILES string of the molecule is CNc1cc(Nc2ccc(C)cc2Cl)nc(SC)n1. The lowest BCUT2D eigenvalue weighted by atomic mass is 10.2. The van der Waals surface area contributed by atoms with Crippen molar-refractivity contribution >= 4 is 40.7 Å². The molecule has 19 heavy (non-hydrogen) atoms. The van der Waals surface area contributed by atoms with E-state index in [-0.39, 0.29) is 0 Å². The van der Waals surface area contributed by atoms with Crippen molar-refractivity contribution in [2.45, 2.75) is 12.1 Å². The Morgan fingerprint density at radius 1 is 1.16 bits per heavy atom. The minimum absolute atomic E-state index is 0.676. The van der Waals surface area contributed by atoms with Gasteiger partial charge in [0.05, 0.1) is 10.7 Å². The van der Waals surface area contributed by atoms with Gasteiger partial charge < -0.3 is 10.6 Å². The summed E-state index contributed by atoms with van der Waals surface area (Å²) >= 11 is 7.69. The number of hydrogen-bond acceptors (Lipinski definition) is 5. The number of aromatic nitrogens is 2. The molecule has 4 nitrogen and oxygen atoms in total. The molecule has 0 radical (unpaired) electrons. The predicted octanol–water partition coefficient (Wildman–Crippen LogP) is 3.95. The monoisotopic (exact) mass is 294 g/mol. The van der Waals surface area contributed by atoms with Crippen LogP contribution in [0.25, 0.3) is 0 Å². The Bertz CT molecular complexity index is 567. The van der Waals surface area contributed by atoms with E-state index < -0.39 is 0 Å². The molecule has 0 aliphatic carbocycles. The van der Waals surface area contributed by atoms with Crippen molar-refractivity contribution in [3.63, 3.8) is 0 Å². The van der Waals surface area contributed by atoms with Crippen LogP contribution >= 0.6 is 23.4 Å². The zero-order valence-corrected chi connectivity index (χ0v) is 12.6. The molecular formula is C13H15ClN4S. The highest BCUT2D eigenvalue weighted by Gasteiger charge is 2.06. The first-order chi connectivity index (χ1) is 9.12. The van der Waals surface area contributed by atoms with Crippen LogP contribution in [0.1, 0.15) is 5.56 Å². The van der Waals surface area contributed by atoms with Gasteiger partial charge in [-0.25, -0.2) is 9.97 Å². The molecule has 0 saturated carbocycles. The fraction of sp³-hybridized carbons (Fsp3) is 0.231. The van der Waals surface area contributed by atoms with Crippen LogP contribution in [0.2, 0.25) is 5.02 Å². The third-order valence-electron chi connectivity index (χ3n) is 2.53. The summed E-state index contributed by atoms with van der Waals surface area (Å²) < 4.78 is 0. The lowest BCUT2D eigenvalue weighted by Gasteiger charge is -2.10. The topological polar surface area (TPSA) is 49.8 Å². The fourth-order valence-corrected chi connectivity index (χ4v) is 2.23. The molecule has 0 atom stereocenters. The Morgan fingerprint density at radius 2 is 1.89 bits per heavy atom. The van der Waals surface area contributed by atoms with Crippen molar-refractivity contribution in [1.29, 1.82) is 0 Å². The van der Waals surface area contributed by atoms with E-state index in [2.05, 4.69) is 20.6 Å². The summed E-state index contributed by atoms with van der Waals surface area (Å²) in [5.74, 6) is 1.49. The molecule has 2 N–H and O–H groups in total. The standard InChI is InChI=1S/C13H15ClN4S/c1-8-4-5-10(9(14)6-8)16-12-7-11(15-2)17-13(18-12)19-3/h4-7H,1-3H3,(H2,15,16,17,18). The Kier molecular flexibility index (Phi) is 4.50. The van der Waals surface area contributed by atoms with Crippen molar-refractivity contribution in [1.82, 2.24) is 9.97 Å². The third-order valence-corrected chi connectivity index (χ3v) is 3.39. The molecule has 0 fully saturated rings. The van der Waals surface area contributed by atoms with Crippen LogP contribution in [0.5, 0.6) is 0 Å². The third kappa shape index (κ3) is 3.52. The molecule has 1 aromatic carbocycles. The van der Waals surface area contributed by atoms with Gasteiger partial charge in [-0.1, -0.05) is 29.4 Å². The summed E-state index contributed by atoms with van der Waals surface area (Å²) in [7, 11) is 1.83. The molecule has 2 rings (SSSR count). The maximum absolute atomic E-state index is 6.20. The molecule has 0 aliphatic rings. The summed E-state index contributed by atoms with van der Waals surface area (Å²) in [6, 6.07) is 7.71. The normalized spacial score (nSPS) is 10.3. The van der Waals surface area contributed by atoms with E-state index in [0.717, 1.165) is 22.9 Å². The van der Waals surface area contributed by atoms with Gasteiger partial charge in [0, 0.05) is 13.1 Å². The smallest absolute Gasteiger partial charge is 0.191 e. The lowest BCUT2D eigenvalue weighted by Crippen LogP contribution is -2.01. The van der Waals surface area contributed by atoms with Gasteiger partial charge in [0.25, 0.3) is 0 Å². The number of thioether (sulfide) groups is 1. The molecule has 0 spiro atoms. The maximum atomic E-state index is 6.20. The number of rotatable bonds is 4. The number of benzene rings is 1. The minimum atomic E-state index is 0.676. The molecule has 1 heterocycles. The predicted molar refractivity (Wildman–Crippen MR) is 82.8 cm³/mol. The molecule has 1 aromatic heterocycles. The highest BCUT2D eigenvalue weighted by Crippen LogP contribution is 2.27. The molecule has 0 bridgehead atoms. The van der Waals surface area contributed by atoms with E-state index >= 15 is 0 Å². The average Bonchev–Trinajstić information content (AvgIpc) is 2.41.